The number of guanidine groups is 1. The van der Waals surface area contributed by atoms with Gasteiger partial charge in [-0.2, -0.15) is 10.2 Å². The lowest BCUT2D eigenvalue weighted by atomic mass is 10.1. The van der Waals surface area contributed by atoms with Crippen LogP contribution in [-0.4, -0.2) is 22.3 Å². The molecule has 0 atom stereocenters. The highest BCUT2D eigenvalue weighted by molar-refractivity contribution is 5.88. The molecule has 7 nitrogen and oxygen atoms in total. The Morgan fingerprint density at radius 3 is 2.65 bits per heavy atom. The zero-order valence-corrected chi connectivity index (χ0v) is 12.3. The first-order valence-electron chi connectivity index (χ1n) is 6.96. The first-order valence-corrected chi connectivity index (χ1v) is 6.96. The second kappa shape index (κ2) is 6.52. The van der Waals surface area contributed by atoms with Crippen LogP contribution in [0.15, 0.2) is 71.3 Å². The van der Waals surface area contributed by atoms with Gasteiger partial charge in [0, 0.05) is 30.1 Å². The number of pyridine rings is 1. The van der Waals surface area contributed by atoms with E-state index in [0.29, 0.717) is 0 Å². The van der Waals surface area contributed by atoms with E-state index < -0.39 is 0 Å². The second-order valence-electron chi connectivity index (χ2n) is 4.79. The van der Waals surface area contributed by atoms with E-state index in [1.54, 1.807) is 18.6 Å². The predicted octanol–water partition coefficient (Wildman–Crippen LogP) is 0.961. The number of benzene rings is 1. The van der Waals surface area contributed by atoms with Crippen molar-refractivity contribution in [2.45, 2.75) is 0 Å². The fourth-order valence-electron chi connectivity index (χ4n) is 2.15. The summed E-state index contributed by atoms with van der Waals surface area (Å²) in [5.41, 5.74) is 14.2. The normalized spacial score (nSPS) is 10.8. The Bertz CT molecular complexity index is 831. The molecule has 0 fully saturated rings. The molecule has 23 heavy (non-hydrogen) atoms. The van der Waals surface area contributed by atoms with Crippen molar-refractivity contribution < 1.29 is 4.68 Å². The Labute approximate surface area is 133 Å². The molecule has 2 heterocycles. The summed E-state index contributed by atoms with van der Waals surface area (Å²) in [6.07, 6.45) is 7.02. The molecule has 0 saturated carbocycles. The van der Waals surface area contributed by atoms with Crippen LogP contribution in [-0.2, 0) is 0 Å². The Morgan fingerprint density at radius 1 is 1.13 bits per heavy atom. The first kappa shape index (κ1) is 14.5. The van der Waals surface area contributed by atoms with Crippen LogP contribution in [0.25, 0.3) is 16.9 Å². The van der Waals surface area contributed by atoms with Crippen LogP contribution in [0.5, 0.6) is 0 Å². The van der Waals surface area contributed by atoms with E-state index in [0.717, 1.165) is 22.5 Å². The number of aromatic amines is 1. The van der Waals surface area contributed by atoms with Crippen LogP contribution in [0.1, 0.15) is 5.56 Å². The number of nitrogens with zero attached hydrogens (tertiary/aromatic N) is 4. The average Bonchev–Trinajstić information content (AvgIpc) is 3.00. The maximum Gasteiger partial charge on any atom is 0.235 e. The Morgan fingerprint density at radius 2 is 1.96 bits per heavy atom. The molecule has 0 unspecified atom stereocenters. The van der Waals surface area contributed by atoms with Gasteiger partial charge in [0.1, 0.15) is 5.69 Å². The van der Waals surface area contributed by atoms with E-state index in [2.05, 4.69) is 20.3 Å². The molecule has 0 saturated heterocycles. The van der Waals surface area contributed by atoms with Crippen molar-refractivity contribution in [3.63, 3.8) is 0 Å². The number of nitrogens with one attached hydrogen (secondary N) is 1. The van der Waals surface area contributed by atoms with E-state index >= 15 is 0 Å². The lowest BCUT2D eigenvalue weighted by molar-refractivity contribution is -0.654. The van der Waals surface area contributed by atoms with Crippen molar-refractivity contribution in [2.24, 2.45) is 21.7 Å². The van der Waals surface area contributed by atoms with E-state index in [9.17, 15) is 0 Å². The Hall–Kier alpha value is -3.48. The third-order valence-electron chi connectivity index (χ3n) is 3.14. The van der Waals surface area contributed by atoms with Gasteiger partial charge in [-0.15, -0.1) is 5.10 Å². The van der Waals surface area contributed by atoms with Crippen molar-refractivity contribution in [3.05, 3.63) is 66.6 Å². The van der Waals surface area contributed by atoms with Crippen molar-refractivity contribution in [3.8, 4) is 16.9 Å². The van der Waals surface area contributed by atoms with Crippen LogP contribution in [0.3, 0.4) is 0 Å². The van der Waals surface area contributed by atoms with Gasteiger partial charge in [-0.1, -0.05) is 22.9 Å². The van der Waals surface area contributed by atoms with Crippen LogP contribution >= 0.6 is 0 Å². The summed E-state index contributed by atoms with van der Waals surface area (Å²) >= 11 is 0. The van der Waals surface area contributed by atoms with Gasteiger partial charge in [0.2, 0.25) is 17.8 Å². The third kappa shape index (κ3) is 3.41. The number of hydrogen-bond donors (Lipinski definition) is 3. The molecule has 1 aromatic carbocycles. The molecular formula is C16H16N7+. The molecule has 0 aliphatic carbocycles. The molecule has 114 valence electrons. The SMILES string of the molecule is NC(N)=N/N=C/c1c[n+](-c2ccccc2)[nH]c1-c1cccnc1. The molecule has 0 bridgehead atoms. The molecule has 3 rings (SSSR count). The zero-order valence-electron chi connectivity index (χ0n) is 12.3. The predicted molar refractivity (Wildman–Crippen MR) is 89.0 cm³/mol. The fourth-order valence-corrected chi connectivity index (χ4v) is 2.15. The van der Waals surface area contributed by atoms with Crippen LogP contribution in [0.4, 0.5) is 0 Å². The zero-order chi connectivity index (χ0) is 16.1. The van der Waals surface area contributed by atoms with Gasteiger partial charge < -0.3 is 11.5 Å². The molecule has 0 amide bonds. The van der Waals surface area contributed by atoms with E-state index in [4.69, 9.17) is 11.5 Å². The van der Waals surface area contributed by atoms with Gasteiger partial charge >= 0.3 is 0 Å². The highest BCUT2D eigenvalue weighted by atomic mass is 15.3. The van der Waals surface area contributed by atoms with Gasteiger partial charge in [-0.3, -0.25) is 4.98 Å². The van der Waals surface area contributed by atoms with Gasteiger partial charge in [-0.05, 0) is 12.1 Å². The summed E-state index contributed by atoms with van der Waals surface area (Å²) in [5.74, 6) is -0.0874. The van der Waals surface area contributed by atoms with Crippen LogP contribution in [0, 0.1) is 0 Å². The van der Waals surface area contributed by atoms with Crippen molar-refractivity contribution in [1.29, 1.82) is 0 Å². The first-order chi connectivity index (χ1) is 11.2. The number of para-hydroxylation sites is 1. The average molecular weight is 306 g/mol. The number of hydrogen-bond acceptors (Lipinski definition) is 3. The van der Waals surface area contributed by atoms with Crippen molar-refractivity contribution in [1.82, 2.24) is 10.1 Å². The lowest BCUT2D eigenvalue weighted by Gasteiger charge is -1.95. The molecule has 0 spiro atoms. The molecular weight excluding hydrogens is 290 g/mol. The number of nitrogens with two attached hydrogens (primary N) is 2. The van der Waals surface area contributed by atoms with E-state index in [1.807, 2.05) is 53.3 Å². The van der Waals surface area contributed by atoms with E-state index in [1.165, 1.54) is 0 Å². The minimum Gasteiger partial charge on any atom is -0.369 e. The maximum atomic E-state index is 5.29. The van der Waals surface area contributed by atoms with Crippen molar-refractivity contribution in [2.75, 3.05) is 0 Å². The highest BCUT2D eigenvalue weighted by Gasteiger charge is 2.16. The van der Waals surface area contributed by atoms with Gasteiger partial charge in [0.05, 0.1) is 11.8 Å². The largest absolute Gasteiger partial charge is 0.369 e. The summed E-state index contributed by atoms with van der Waals surface area (Å²) in [6.45, 7) is 0. The molecule has 0 aliphatic heterocycles. The summed E-state index contributed by atoms with van der Waals surface area (Å²) in [4.78, 5) is 4.15. The molecule has 0 aliphatic rings. The second-order valence-corrected chi connectivity index (χ2v) is 4.79. The minimum absolute atomic E-state index is 0.0874. The van der Waals surface area contributed by atoms with Crippen LogP contribution < -0.4 is 16.1 Å². The standard InChI is InChI=1S/C16H15N7/c17-16(18)21-20-10-13-11-23(14-6-2-1-3-7-14)22-15(13)12-5-4-8-19-9-12/h1-11H,(H4,17,18,21)/p+1/b20-10+. The van der Waals surface area contributed by atoms with Crippen LogP contribution in [0.2, 0.25) is 0 Å². The van der Waals surface area contributed by atoms with E-state index in [-0.39, 0.29) is 5.96 Å². The highest BCUT2D eigenvalue weighted by Crippen LogP contribution is 2.18. The summed E-state index contributed by atoms with van der Waals surface area (Å²) < 4.78 is 1.90. The quantitative estimate of drug-likeness (QED) is 0.289. The van der Waals surface area contributed by atoms with Gasteiger partial charge in [0.15, 0.2) is 0 Å². The Kier molecular flexibility index (Phi) is 4.10. The number of rotatable bonds is 4. The summed E-state index contributed by atoms with van der Waals surface area (Å²) in [5, 5.41) is 10.9. The van der Waals surface area contributed by atoms with Gasteiger partial charge in [-0.25, -0.2) is 0 Å². The lowest BCUT2D eigenvalue weighted by Crippen LogP contribution is -2.31. The molecule has 7 heteroatoms. The molecule has 3 aromatic rings. The van der Waals surface area contributed by atoms with Crippen molar-refractivity contribution >= 4 is 12.2 Å². The number of aromatic nitrogens is 3. The fraction of sp³-hybridized carbons (Fsp3) is 0. The van der Waals surface area contributed by atoms with Gasteiger partial charge in [0.25, 0.3) is 0 Å². The molecule has 0 radical (unpaired) electrons. The smallest absolute Gasteiger partial charge is 0.235 e. The number of H-pyrrole nitrogens is 1. The summed E-state index contributed by atoms with van der Waals surface area (Å²) in [7, 11) is 0. The monoisotopic (exact) mass is 306 g/mol. The topological polar surface area (TPSA) is 109 Å². The summed E-state index contributed by atoms with van der Waals surface area (Å²) in [6, 6.07) is 13.8. The third-order valence-corrected chi connectivity index (χ3v) is 3.14. The molecule has 5 N–H and O–H groups in total. The molecule has 2 aromatic heterocycles. The minimum atomic E-state index is -0.0874. The maximum absolute atomic E-state index is 5.29. The Balaban J connectivity index is 2.07.